The van der Waals surface area contributed by atoms with Crippen LogP contribution in [0.1, 0.15) is 20.8 Å². The summed E-state index contributed by atoms with van der Waals surface area (Å²) in [7, 11) is 0. The lowest BCUT2D eigenvalue weighted by Crippen LogP contribution is -2.47. The second-order valence-electron chi connectivity index (χ2n) is 6.40. The standard InChI is InChI=1S/C16H18BrN3O5/c1-16(2,3)25-15(24)19-12(14(22)23)7-20-8-18-11-5-4-9(17)6-10(11)13(20)21/h4-6,8,12H,7H2,1-3H3,(H,19,24)(H,22,23)/t12-/m0/s1. The fourth-order valence-corrected chi connectivity index (χ4v) is 2.45. The van der Waals surface area contributed by atoms with Gasteiger partial charge in [0.15, 0.2) is 0 Å². The van der Waals surface area contributed by atoms with Crippen molar-refractivity contribution in [2.24, 2.45) is 0 Å². The third-order valence-corrected chi connectivity index (χ3v) is 3.65. The summed E-state index contributed by atoms with van der Waals surface area (Å²) in [5, 5.41) is 11.9. The first-order valence-electron chi connectivity index (χ1n) is 7.44. The molecule has 2 rings (SSSR count). The predicted octanol–water partition coefficient (Wildman–Crippen LogP) is 2.14. The molecule has 0 bridgehead atoms. The number of rotatable bonds is 4. The monoisotopic (exact) mass is 411 g/mol. The van der Waals surface area contributed by atoms with Crippen molar-refractivity contribution in [2.45, 2.75) is 39.0 Å². The van der Waals surface area contributed by atoms with Gasteiger partial charge >= 0.3 is 12.1 Å². The molecule has 0 aliphatic heterocycles. The Balaban J connectivity index is 2.27. The molecule has 0 saturated carbocycles. The van der Waals surface area contributed by atoms with E-state index in [4.69, 9.17) is 4.74 Å². The number of carboxylic acid groups (broad SMARTS) is 1. The van der Waals surface area contributed by atoms with E-state index in [9.17, 15) is 19.5 Å². The Kier molecular flexibility index (Phi) is 5.46. The number of fused-ring (bicyclic) bond motifs is 1. The van der Waals surface area contributed by atoms with E-state index >= 15 is 0 Å². The normalized spacial score (nSPS) is 12.6. The molecule has 0 fully saturated rings. The number of alkyl carbamates (subject to hydrolysis) is 1. The Morgan fingerprint density at radius 1 is 1.40 bits per heavy atom. The summed E-state index contributed by atoms with van der Waals surface area (Å²) in [6.45, 7) is 4.72. The van der Waals surface area contributed by atoms with E-state index < -0.39 is 29.3 Å². The molecule has 0 spiro atoms. The van der Waals surface area contributed by atoms with Crippen molar-refractivity contribution in [3.05, 3.63) is 39.4 Å². The van der Waals surface area contributed by atoms with Crippen LogP contribution in [0.2, 0.25) is 0 Å². The number of benzene rings is 1. The first kappa shape index (κ1) is 18.9. The number of nitrogens with zero attached hydrogens (tertiary/aromatic N) is 2. The molecular formula is C16H18BrN3O5. The van der Waals surface area contributed by atoms with Crippen LogP contribution < -0.4 is 10.9 Å². The Morgan fingerprint density at radius 3 is 2.68 bits per heavy atom. The Labute approximate surface area is 151 Å². The number of nitrogens with one attached hydrogen (secondary N) is 1. The summed E-state index contributed by atoms with van der Waals surface area (Å²) in [6, 6.07) is 3.71. The van der Waals surface area contributed by atoms with Crippen molar-refractivity contribution in [1.82, 2.24) is 14.9 Å². The highest BCUT2D eigenvalue weighted by Gasteiger charge is 2.25. The zero-order chi connectivity index (χ0) is 18.8. The summed E-state index contributed by atoms with van der Waals surface area (Å²) in [4.78, 5) is 39.9. The van der Waals surface area contributed by atoms with Crippen LogP contribution in [-0.2, 0) is 16.1 Å². The van der Waals surface area contributed by atoms with E-state index in [1.54, 1.807) is 39.0 Å². The summed E-state index contributed by atoms with van der Waals surface area (Å²) < 4.78 is 6.90. The van der Waals surface area contributed by atoms with Crippen LogP contribution in [0.25, 0.3) is 10.9 Å². The van der Waals surface area contributed by atoms with Gasteiger partial charge in [0.05, 0.1) is 23.8 Å². The van der Waals surface area contributed by atoms with Crippen LogP contribution in [0, 0.1) is 0 Å². The molecule has 9 heteroatoms. The molecule has 0 saturated heterocycles. The molecule has 1 heterocycles. The van der Waals surface area contributed by atoms with Crippen molar-refractivity contribution in [2.75, 3.05) is 0 Å². The summed E-state index contributed by atoms with van der Waals surface area (Å²) in [5.41, 5.74) is -0.666. The lowest BCUT2D eigenvalue weighted by atomic mass is 10.2. The van der Waals surface area contributed by atoms with Crippen LogP contribution in [0.5, 0.6) is 0 Å². The average molecular weight is 412 g/mol. The number of carbonyl (C=O) groups is 2. The molecule has 0 aliphatic carbocycles. The molecule has 1 amide bonds. The molecule has 1 aromatic carbocycles. The second-order valence-corrected chi connectivity index (χ2v) is 7.32. The maximum atomic E-state index is 12.5. The summed E-state index contributed by atoms with van der Waals surface area (Å²) in [5.74, 6) is -1.29. The predicted molar refractivity (Wildman–Crippen MR) is 94.5 cm³/mol. The molecular weight excluding hydrogens is 394 g/mol. The maximum absolute atomic E-state index is 12.5. The van der Waals surface area contributed by atoms with E-state index in [-0.39, 0.29) is 6.54 Å². The first-order chi connectivity index (χ1) is 11.6. The highest BCUT2D eigenvalue weighted by molar-refractivity contribution is 9.10. The number of amides is 1. The minimum atomic E-state index is -1.33. The van der Waals surface area contributed by atoms with Gasteiger partial charge in [-0.2, -0.15) is 0 Å². The lowest BCUT2D eigenvalue weighted by molar-refractivity contribution is -0.139. The van der Waals surface area contributed by atoms with E-state index in [2.05, 4.69) is 26.2 Å². The van der Waals surface area contributed by atoms with Gasteiger partial charge in [-0.05, 0) is 39.0 Å². The first-order valence-corrected chi connectivity index (χ1v) is 8.23. The van der Waals surface area contributed by atoms with Gasteiger partial charge in [-0.25, -0.2) is 14.6 Å². The van der Waals surface area contributed by atoms with Gasteiger partial charge in [-0.1, -0.05) is 15.9 Å². The molecule has 1 aromatic heterocycles. The van der Waals surface area contributed by atoms with E-state index in [0.29, 0.717) is 15.4 Å². The SMILES string of the molecule is CC(C)(C)OC(=O)N[C@@H](Cn1cnc2ccc(Br)cc2c1=O)C(=O)O. The van der Waals surface area contributed by atoms with Crippen LogP contribution in [0.3, 0.4) is 0 Å². The largest absolute Gasteiger partial charge is 0.480 e. The van der Waals surface area contributed by atoms with Crippen molar-refractivity contribution >= 4 is 38.9 Å². The minimum absolute atomic E-state index is 0.275. The number of aliphatic carboxylic acids is 1. The quantitative estimate of drug-likeness (QED) is 0.796. The number of hydrogen-bond donors (Lipinski definition) is 2. The maximum Gasteiger partial charge on any atom is 0.408 e. The lowest BCUT2D eigenvalue weighted by Gasteiger charge is -2.22. The van der Waals surface area contributed by atoms with Gasteiger partial charge in [-0.3, -0.25) is 9.36 Å². The van der Waals surface area contributed by atoms with E-state index in [0.717, 1.165) is 4.57 Å². The van der Waals surface area contributed by atoms with E-state index in [1.165, 1.54) is 6.33 Å². The average Bonchev–Trinajstić information content (AvgIpc) is 2.47. The minimum Gasteiger partial charge on any atom is -0.480 e. The molecule has 134 valence electrons. The van der Waals surface area contributed by atoms with Gasteiger partial charge in [0.2, 0.25) is 0 Å². The zero-order valence-corrected chi connectivity index (χ0v) is 15.5. The molecule has 8 nitrogen and oxygen atoms in total. The topological polar surface area (TPSA) is 111 Å². The fraction of sp³-hybridized carbons (Fsp3) is 0.375. The Bertz CT molecular complexity index is 872. The van der Waals surface area contributed by atoms with Gasteiger partial charge in [0.1, 0.15) is 11.6 Å². The van der Waals surface area contributed by atoms with Crippen molar-refractivity contribution in [3.63, 3.8) is 0 Å². The molecule has 2 aromatic rings. The number of ether oxygens (including phenoxy) is 1. The molecule has 0 radical (unpaired) electrons. The summed E-state index contributed by atoms with van der Waals surface area (Å²) in [6.07, 6.45) is 0.384. The zero-order valence-electron chi connectivity index (χ0n) is 13.9. The third-order valence-electron chi connectivity index (χ3n) is 3.15. The molecule has 0 unspecified atom stereocenters. The number of aromatic nitrogens is 2. The van der Waals surface area contributed by atoms with Gasteiger partial charge < -0.3 is 15.2 Å². The van der Waals surface area contributed by atoms with Crippen LogP contribution in [0.15, 0.2) is 33.8 Å². The smallest absolute Gasteiger partial charge is 0.408 e. The van der Waals surface area contributed by atoms with E-state index in [1.807, 2.05) is 0 Å². The number of hydrogen-bond acceptors (Lipinski definition) is 5. The van der Waals surface area contributed by atoms with Crippen molar-refractivity contribution < 1.29 is 19.4 Å². The molecule has 1 atom stereocenters. The summed E-state index contributed by atoms with van der Waals surface area (Å²) >= 11 is 3.28. The van der Waals surface area contributed by atoms with Crippen molar-refractivity contribution in [1.29, 1.82) is 0 Å². The Morgan fingerprint density at radius 2 is 2.08 bits per heavy atom. The van der Waals surface area contributed by atoms with Gasteiger partial charge in [-0.15, -0.1) is 0 Å². The Hall–Kier alpha value is -2.42. The molecule has 2 N–H and O–H groups in total. The number of carboxylic acids is 1. The highest BCUT2D eigenvalue weighted by atomic mass is 79.9. The third kappa shape index (κ3) is 5.02. The van der Waals surface area contributed by atoms with Crippen molar-refractivity contribution in [3.8, 4) is 0 Å². The van der Waals surface area contributed by atoms with Crippen LogP contribution in [0.4, 0.5) is 4.79 Å². The second kappa shape index (κ2) is 7.22. The number of carbonyl (C=O) groups excluding carboxylic acids is 1. The van der Waals surface area contributed by atoms with Crippen LogP contribution in [-0.4, -0.2) is 38.4 Å². The van der Waals surface area contributed by atoms with Gasteiger partial charge in [0.25, 0.3) is 5.56 Å². The molecule has 25 heavy (non-hydrogen) atoms. The fourth-order valence-electron chi connectivity index (χ4n) is 2.09. The highest BCUT2D eigenvalue weighted by Crippen LogP contribution is 2.15. The van der Waals surface area contributed by atoms with Crippen LogP contribution >= 0.6 is 15.9 Å². The van der Waals surface area contributed by atoms with Gasteiger partial charge in [0, 0.05) is 4.47 Å². The number of halogens is 1. The molecule has 0 aliphatic rings.